The van der Waals surface area contributed by atoms with E-state index in [9.17, 15) is 18.1 Å². The first-order valence-electron chi connectivity index (χ1n) is 8.76. The Morgan fingerprint density at radius 3 is 2.31 bits per heavy atom. The first kappa shape index (κ1) is 19.1. The third-order valence-corrected chi connectivity index (χ3v) is 6.27. The van der Waals surface area contributed by atoms with Gasteiger partial charge in [0.2, 0.25) is 0 Å². The van der Waals surface area contributed by atoms with Gasteiger partial charge in [-0.2, -0.15) is 0 Å². The van der Waals surface area contributed by atoms with E-state index in [0.717, 1.165) is 18.9 Å². The fourth-order valence-electron chi connectivity index (χ4n) is 3.44. The predicted molar refractivity (Wildman–Crippen MR) is 99.7 cm³/mol. The fraction of sp³-hybridized carbons (Fsp3) is 0.400. The van der Waals surface area contributed by atoms with Crippen molar-refractivity contribution in [1.29, 1.82) is 0 Å². The van der Waals surface area contributed by atoms with Crippen LogP contribution in [0.3, 0.4) is 0 Å². The lowest BCUT2D eigenvalue weighted by molar-refractivity contribution is 0.0235. The Morgan fingerprint density at radius 2 is 1.73 bits per heavy atom. The van der Waals surface area contributed by atoms with Crippen molar-refractivity contribution >= 4 is 11.0 Å². The summed E-state index contributed by atoms with van der Waals surface area (Å²) in [5, 5.41) is 11.1. The molecule has 2 aromatic carbocycles. The summed E-state index contributed by atoms with van der Waals surface area (Å²) in [5.74, 6) is -1.25. The van der Waals surface area contributed by atoms with Crippen LogP contribution in [-0.4, -0.2) is 20.6 Å². The minimum atomic E-state index is -1.21. The molecule has 3 atom stereocenters. The van der Waals surface area contributed by atoms with Crippen LogP contribution >= 0.6 is 0 Å². The maximum absolute atomic E-state index is 13.4. The summed E-state index contributed by atoms with van der Waals surface area (Å²) < 4.78 is 42.0. The molecule has 0 heterocycles. The Kier molecular flexibility index (Phi) is 5.55. The fourth-order valence-corrected chi connectivity index (χ4v) is 4.30. The average Bonchev–Trinajstić information content (AvgIpc) is 2.96. The highest BCUT2D eigenvalue weighted by molar-refractivity contribution is 7.83. The molecule has 2 aromatic rings. The van der Waals surface area contributed by atoms with Crippen LogP contribution < -0.4 is 4.72 Å². The van der Waals surface area contributed by atoms with E-state index >= 15 is 0 Å². The Bertz CT molecular complexity index is 790. The third-order valence-electron chi connectivity index (χ3n) is 4.89. The average molecular weight is 379 g/mol. The second-order valence-electron chi connectivity index (χ2n) is 7.07. The molecule has 1 saturated carbocycles. The third kappa shape index (κ3) is 3.87. The summed E-state index contributed by atoms with van der Waals surface area (Å²) in [6.07, 6.45) is 2.15. The normalized spacial score (nSPS) is 24.2. The second kappa shape index (κ2) is 7.55. The van der Waals surface area contributed by atoms with Gasteiger partial charge in [0, 0.05) is 11.3 Å². The predicted octanol–water partition coefficient (Wildman–Crippen LogP) is 4.03. The highest BCUT2D eigenvalue weighted by atomic mass is 32.2. The number of aliphatic hydroxyl groups is 1. The van der Waals surface area contributed by atoms with Crippen LogP contribution in [0.5, 0.6) is 0 Å². The number of hydrogen-bond donors (Lipinski definition) is 2. The molecule has 0 amide bonds. The van der Waals surface area contributed by atoms with E-state index in [1.807, 2.05) is 13.8 Å². The minimum absolute atomic E-state index is 0.0369. The molecule has 3 rings (SSSR count). The minimum Gasteiger partial charge on any atom is -0.383 e. The maximum Gasteiger partial charge on any atom is 0.126 e. The smallest absolute Gasteiger partial charge is 0.126 e. The van der Waals surface area contributed by atoms with E-state index in [1.165, 1.54) is 12.1 Å². The number of rotatable bonds is 5. The molecule has 1 fully saturated rings. The van der Waals surface area contributed by atoms with Gasteiger partial charge in [-0.1, -0.05) is 24.3 Å². The van der Waals surface area contributed by atoms with E-state index in [-0.39, 0.29) is 11.3 Å². The molecule has 2 N–H and O–H groups in total. The molecule has 140 valence electrons. The van der Waals surface area contributed by atoms with Crippen LogP contribution in [0.4, 0.5) is 8.78 Å². The quantitative estimate of drug-likeness (QED) is 0.824. The van der Waals surface area contributed by atoms with Crippen molar-refractivity contribution in [2.75, 3.05) is 0 Å². The lowest BCUT2D eigenvalue weighted by Crippen LogP contribution is -2.46. The first-order chi connectivity index (χ1) is 12.3. The van der Waals surface area contributed by atoms with Crippen LogP contribution in [0.15, 0.2) is 42.5 Å². The molecule has 1 aliphatic rings. The summed E-state index contributed by atoms with van der Waals surface area (Å²) >= 11 is 0. The van der Waals surface area contributed by atoms with E-state index < -0.39 is 28.2 Å². The van der Waals surface area contributed by atoms with Gasteiger partial charge in [-0.25, -0.2) is 17.7 Å². The van der Waals surface area contributed by atoms with Gasteiger partial charge in [-0.05, 0) is 61.9 Å². The molecule has 0 bridgehead atoms. The number of benzene rings is 2. The van der Waals surface area contributed by atoms with E-state index in [0.29, 0.717) is 23.1 Å². The Morgan fingerprint density at radius 1 is 1.12 bits per heavy atom. The van der Waals surface area contributed by atoms with Gasteiger partial charge in [-0.15, -0.1) is 0 Å². The Hall–Kier alpha value is -1.63. The number of nitrogens with one attached hydrogen (secondary N) is 1. The van der Waals surface area contributed by atoms with Gasteiger partial charge in [0.1, 0.15) is 17.2 Å². The molecular weight excluding hydrogens is 356 g/mol. The summed E-state index contributed by atoms with van der Waals surface area (Å²) in [7, 11) is -1.21. The van der Waals surface area contributed by atoms with Crippen LogP contribution in [-0.2, 0) is 16.6 Å². The van der Waals surface area contributed by atoms with Crippen LogP contribution in [0.1, 0.15) is 38.7 Å². The summed E-state index contributed by atoms with van der Waals surface area (Å²) in [6.45, 7) is 3.73. The molecule has 3 unspecified atom stereocenters. The van der Waals surface area contributed by atoms with Crippen LogP contribution in [0.25, 0.3) is 11.1 Å². The van der Waals surface area contributed by atoms with Gasteiger partial charge in [0.25, 0.3) is 0 Å². The lowest BCUT2D eigenvalue weighted by atomic mass is 9.88. The molecule has 1 aliphatic carbocycles. The zero-order valence-electron chi connectivity index (χ0n) is 14.8. The zero-order chi connectivity index (χ0) is 18.9. The molecule has 6 heteroatoms. The largest absolute Gasteiger partial charge is 0.383 e. The van der Waals surface area contributed by atoms with Gasteiger partial charge in [0.05, 0.1) is 17.0 Å². The molecule has 0 saturated heterocycles. The van der Waals surface area contributed by atoms with Gasteiger partial charge < -0.3 is 5.11 Å². The first-order valence-corrected chi connectivity index (χ1v) is 9.97. The highest BCUT2D eigenvalue weighted by Gasteiger charge is 2.43. The van der Waals surface area contributed by atoms with Crippen molar-refractivity contribution in [2.45, 2.75) is 50.0 Å². The SMILES string of the molecule is CC(C)S(=O)NC1CCCC1(O)c1ccc(-c2cc(F)cc(F)c2)cc1. The molecule has 0 spiro atoms. The standard InChI is InChI=1S/C20H23F2NO2S/c1-13(2)26(25)23-19-4-3-9-20(19,24)16-7-5-14(6-8-16)15-10-17(21)12-18(22)11-15/h5-8,10-13,19,23-24H,3-4,9H2,1-2H3. The molecular formula is C20H23F2NO2S. The van der Waals surface area contributed by atoms with Crippen molar-refractivity contribution in [3.05, 3.63) is 59.7 Å². The molecule has 0 radical (unpaired) electrons. The van der Waals surface area contributed by atoms with E-state index in [4.69, 9.17) is 0 Å². The highest BCUT2D eigenvalue weighted by Crippen LogP contribution is 2.40. The Labute approximate surface area is 155 Å². The summed E-state index contributed by atoms with van der Waals surface area (Å²) in [4.78, 5) is 0. The molecule has 3 nitrogen and oxygen atoms in total. The second-order valence-corrected chi connectivity index (χ2v) is 8.84. The van der Waals surface area contributed by atoms with E-state index in [1.54, 1.807) is 24.3 Å². The molecule has 0 aliphatic heterocycles. The maximum atomic E-state index is 13.4. The van der Waals surface area contributed by atoms with Gasteiger partial charge in [-0.3, -0.25) is 0 Å². The van der Waals surface area contributed by atoms with Crippen LogP contribution in [0.2, 0.25) is 0 Å². The molecule has 26 heavy (non-hydrogen) atoms. The van der Waals surface area contributed by atoms with Crippen molar-refractivity contribution < 1.29 is 18.1 Å². The summed E-state index contributed by atoms with van der Waals surface area (Å²) in [5.41, 5.74) is 0.733. The Balaban J connectivity index is 1.86. The van der Waals surface area contributed by atoms with Gasteiger partial charge >= 0.3 is 0 Å². The van der Waals surface area contributed by atoms with Gasteiger partial charge in [0.15, 0.2) is 0 Å². The topological polar surface area (TPSA) is 49.3 Å². The number of hydrogen-bond acceptors (Lipinski definition) is 2. The lowest BCUT2D eigenvalue weighted by Gasteiger charge is -2.31. The van der Waals surface area contributed by atoms with Crippen molar-refractivity contribution in [1.82, 2.24) is 4.72 Å². The summed E-state index contributed by atoms with van der Waals surface area (Å²) in [6, 6.07) is 10.1. The van der Waals surface area contributed by atoms with E-state index in [2.05, 4.69) is 4.72 Å². The zero-order valence-corrected chi connectivity index (χ0v) is 15.7. The van der Waals surface area contributed by atoms with Crippen molar-refractivity contribution in [3.8, 4) is 11.1 Å². The van der Waals surface area contributed by atoms with Crippen LogP contribution in [0, 0.1) is 11.6 Å². The van der Waals surface area contributed by atoms with Crippen molar-refractivity contribution in [2.24, 2.45) is 0 Å². The number of halogens is 2. The molecule has 0 aromatic heterocycles. The van der Waals surface area contributed by atoms with Crippen molar-refractivity contribution in [3.63, 3.8) is 0 Å². The monoisotopic (exact) mass is 379 g/mol.